The molecule has 2 saturated heterocycles. The predicted octanol–water partition coefficient (Wildman–Crippen LogP) is 2.37. The highest BCUT2D eigenvalue weighted by Gasteiger charge is 2.54. The molecule has 1 spiro atoms. The monoisotopic (exact) mass is 417 g/mol. The van der Waals surface area contributed by atoms with Crippen molar-refractivity contribution in [1.82, 2.24) is 24.5 Å². The molecule has 8 heteroatoms. The summed E-state index contributed by atoms with van der Waals surface area (Å²) in [5.41, 5.74) is 1.99. The number of aromatic nitrogens is 2. The number of pyridine rings is 1. The minimum Gasteiger partial charge on any atom is -0.337 e. The lowest BCUT2D eigenvalue weighted by Crippen LogP contribution is -2.57. The van der Waals surface area contributed by atoms with Crippen molar-refractivity contribution in [2.45, 2.75) is 31.8 Å². The number of fused-ring (bicyclic) bond motifs is 1. The van der Waals surface area contributed by atoms with Crippen LogP contribution in [0.25, 0.3) is 5.65 Å². The molecule has 1 aromatic carbocycles. The Balaban J connectivity index is 1.36. The molecule has 0 atom stereocenters. The Labute approximate surface area is 179 Å². The quantitative estimate of drug-likeness (QED) is 0.663. The molecule has 2 aromatic heterocycles. The van der Waals surface area contributed by atoms with Crippen molar-refractivity contribution in [3.8, 4) is 0 Å². The molecule has 158 valence electrons. The molecule has 2 aliphatic rings. The van der Waals surface area contributed by atoms with Gasteiger partial charge in [0.15, 0.2) is 0 Å². The molecular weight excluding hydrogens is 394 g/mol. The van der Waals surface area contributed by atoms with Crippen LogP contribution in [0.2, 0.25) is 0 Å². The van der Waals surface area contributed by atoms with Crippen molar-refractivity contribution in [1.29, 1.82) is 0 Å². The van der Waals surface area contributed by atoms with Crippen LogP contribution in [-0.2, 0) is 11.3 Å². The van der Waals surface area contributed by atoms with Crippen molar-refractivity contribution in [2.75, 3.05) is 13.1 Å². The van der Waals surface area contributed by atoms with Crippen LogP contribution >= 0.6 is 0 Å². The van der Waals surface area contributed by atoms with Gasteiger partial charge in [-0.05, 0) is 37.5 Å². The number of likely N-dealkylation sites (tertiary alicyclic amines) is 1. The van der Waals surface area contributed by atoms with Crippen LogP contribution in [0.4, 0.5) is 4.79 Å². The van der Waals surface area contributed by atoms with E-state index in [1.807, 2.05) is 66.1 Å². The molecule has 0 radical (unpaired) electrons. The first-order valence-corrected chi connectivity index (χ1v) is 10.4. The molecule has 4 heterocycles. The number of urea groups is 1. The maximum Gasteiger partial charge on any atom is 0.325 e. The normalized spacial score (nSPS) is 18.1. The van der Waals surface area contributed by atoms with E-state index < -0.39 is 5.54 Å². The molecular formula is C23H23N5O3. The van der Waals surface area contributed by atoms with E-state index >= 15 is 0 Å². The SMILES string of the molecule is Cc1c(C(=O)N2CCC3(CC2)C(=O)NC(=O)N3Cc2ccccc2)nc2ccccn12. The van der Waals surface area contributed by atoms with Gasteiger partial charge in [-0.25, -0.2) is 9.78 Å². The van der Waals surface area contributed by atoms with Crippen LogP contribution in [0.3, 0.4) is 0 Å². The maximum absolute atomic E-state index is 13.2. The Morgan fingerprint density at radius 3 is 2.48 bits per heavy atom. The van der Waals surface area contributed by atoms with Gasteiger partial charge in [0.2, 0.25) is 0 Å². The molecule has 31 heavy (non-hydrogen) atoms. The first kappa shape index (κ1) is 19.3. The summed E-state index contributed by atoms with van der Waals surface area (Å²) in [5, 5.41) is 2.48. The van der Waals surface area contributed by atoms with E-state index in [-0.39, 0.29) is 17.8 Å². The number of imide groups is 1. The molecule has 0 bridgehead atoms. The molecule has 1 N–H and O–H groups in total. The largest absolute Gasteiger partial charge is 0.337 e. The smallest absolute Gasteiger partial charge is 0.325 e. The van der Waals surface area contributed by atoms with Crippen molar-refractivity contribution in [3.05, 3.63) is 71.7 Å². The zero-order valence-electron chi connectivity index (χ0n) is 17.2. The zero-order valence-corrected chi connectivity index (χ0v) is 17.2. The van der Waals surface area contributed by atoms with Crippen LogP contribution < -0.4 is 5.32 Å². The summed E-state index contributed by atoms with van der Waals surface area (Å²) in [7, 11) is 0. The molecule has 2 aliphatic heterocycles. The van der Waals surface area contributed by atoms with Crippen LogP contribution in [0, 0.1) is 6.92 Å². The topological polar surface area (TPSA) is 87.0 Å². The number of carbonyl (C=O) groups is 3. The minimum atomic E-state index is -0.919. The number of rotatable bonds is 3. The highest BCUT2D eigenvalue weighted by molar-refractivity contribution is 6.07. The predicted molar refractivity (Wildman–Crippen MR) is 113 cm³/mol. The summed E-state index contributed by atoms with van der Waals surface area (Å²) >= 11 is 0. The minimum absolute atomic E-state index is 0.143. The number of carbonyl (C=O) groups excluding carboxylic acids is 3. The second kappa shape index (κ2) is 7.23. The van der Waals surface area contributed by atoms with Gasteiger partial charge in [0.1, 0.15) is 16.9 Å². The van der Waals surface area contributed by atoms with Crippen molar-refractivity contribution < 1.29 is 14.4 Å². The third-order valence-electron chi connectivity index (χ3n) is 6.44. The molecule has 8 nitrogen and oxygen atoms in total. The van der Waals surface area contributed by atoms with E-state index in [0.717, 1.165) is 16.9 Å². The van der Waals surface area contributed by atoms with E-state index in [1.165, 1.54) is 0 Å². The standard InChI is InChI=1S/C23H23N5O3/c1-16-19(24-18-9-5-6-12-27(16)18)20(29)26-13-10-23(11-14-26)21(30)25-22(31)28(23)15-17-7-3-2-4-8-17/h2-9,12H,10-11,13-15H2,1H3,(H,25,30,31). The lowest BCUT2D eigenvalue weighted by atomic mass is 9.85. The number of benzene rings is 1. The van der Waals surface area contributed by atoms with Crippen LogP contribution in [-0.4, -0.2) is 55.7 Å². The Kier molecular flexibility index (Phi) is 4.50. The highest BCUT2D eigenvalue weighted by Crippen LogP contribution is 2.35. The molecule has 4 amide bonds. The van der Waals surface area contributed by atoms with E-state index in [4.69, 9.17) is 0 Å². The number of aryl methyl sites for hydroxylation is 1. The van der Waals surface area contributed by atoms with Gasteiger partial charge in [-0.2, -0.15) is 0 Å². The Bertz CT molecular complexity index is 1180. The summed E-state index contributed by atoms with van der Waals surface area (Å²) in [6.45, 7) is 3.01. The van der Waals surface area contributed by atoms with E-state index in [0.29, 0.717) is 38.2 Å². The third kappa shape index (κ3) is 3.06. The fourth-order valence-electron chi connectivity index (χ4n) is 4.63. The van der Waals surface area contributed by atoms with Gasteiger partial charge in [0.25, 0.3) is 11.8 Å². The summed E-state index contributed by atoms with van der Waals surface area (Å²) in [6.07, 6.45) is 2.68. The van der Waals surface area contributed by atoms with Gasteiger partial charge < -0.3 is 14.2 Å². The average molecular weight is 417 g/mol. The van der Waals surface area contributed by atoms with Gasteiger partial charge >= 0.3 is 6.03 Å². The van der Waals surface area contributed by atoms with Gasteiger partial charge in [-0.1, -0.05) is 36.4 Å². The molecule has 3 aromatic rings. The number of imidazole rings is 1. The van der Waals surface area contributed by atoms with Crippen LogP contribution in [0.1, 0.15) is 34.6 Å². The first-order valence-electron chi connectivity index (χ1n) is 10.4. The van der Waals surface area contributed by atoms with Gasteiger partial charge in [0, 0.05) is 25.8 Å². The number of piperidine rings is 1. The van der Waals surface area contributed by atoms with Gasteiger partial charge in [-0.3, -0.25) is 14.9 Å². The Morgan fingerprint density at radius 2 is 1.77 bits per heavy atom. The van der Waals surface area contributed by atoms with Crippen molar-refractivity contribution >= 4 is 23.5 Å². The fourth-order valence-corrected chi connectivity index (χ4v) is 4.63. The van der Waals surface area contributed by atoms with Crippen molar-refractivity contribution in [3.63, 3.8) is 0 Å². The number of nitrogens with one attached hydrogen (secondary N) is 1. The number of hydrogen-bond donors (Lipinski definition) is 1. The Morgan fingerprint density at radius 1 is 1.06 bits per heavy atom. The molecule has 2 fully saturated rings. The summed E-state index contributed by atoms with van der Waals surface area (Å²) < 4.78 is 1.89. The second-order valence-corrected chi connectivity index (χ2v) is 8.13. The van der Waals surface area contributed by atoms with Crippen molar-refractivity contribution in [2.24, 2.45) is 0 Å². The maximum atomic E-state index is 13.2. The number of amides is 4. The molecule has 0 unspecified atom stereocenters. The number of hydrogen-bond acceptors (Lipinski definition) is 4. The summed E-state index contributed by atoms with van der Waals surface area (Å²) in [6, 6.07) is 14.9. The van der Waals surface area contributed by atoms with Crippen LogP contribution in [0.5, 0.6) is 0 Å². The fraction of sp³-hybridized carbons (Fsp3) is 0.304. The lowest BCUT2D eigenvalue weighted by Gasteiger charge is -2.42. The third-order valence-corrected chi connectivity index (χ3v) is 6.44. The number of nitrogens with zero attached hydrogens (tertiary/aromatic N) is 4. The van der Waals surface area contributed by atoms with E-state index in [2.05, 4.69) is 10.3 Å². The molecule has 5 rings (SSSR count). The highest BCUT2D eigenvalue weighted by atomic mass is 16.2. The van der Waals surface area contributed by atoms with Crippen LogP contribution in [0.15, 0.2) is 54.7 Å². The molecule has 0 saturated carbocycles. The van der Waals surface area contributed by atoms with E-state index in [9.17, 15) is 14.4 Å². The summed E-state index contributed by atoms with van der Waals surface area (Å²) in [4.78, 5) is 46.4. The molecule has 0 aliphatic carbocycles. The van der Waals surface area contributed by atoms with Gasteiger partial charge in [-0.15, -0.1) is 0 Å². The average Bonchev–Trinajstić information content (AvgIpc) is 3.24. The second-order valence-electron chi connectivity index (χ2n) is 8.13. The van der Waals surface area contributed by atoms with E-state index in [1.54, 1.807) is 9.80 Å². The lowest BCUT2D eigenvalue weighted by molar-refractivity contribution is -0.129. The zero-order chi connectivity index (χ0) is 21.6. The first-order chi connectivity index (χ1) is 15.0. The summed E-state index contributed by atoms with van der Waals surface area (Å²) in [5.74, 6) is -0.417. The van der Waals surface area contributed by atoms with Gasteiger partial charge in [0.05, 0.1) is 5.69 Å². The Hall–Kier alpha value is -3.68.